The number of hydrogen-bond acceptors (Lipinski definition) is 7. The Kier molecular flexibility index (Phi) is 8.91. The quantitative estimate of drug-likeness (QED) is 0.477. The fourth-order valence-electron chi connectivity index (χ4n) is 3.02. The average molecular weight is 507 g/mol. The maximum absolute atomic E-state index is 12.0. The lowest BCUT2D eigenvalue weighted by Gasteiger charge is -2.21. The van der Waals surface area contributed by atoms with Crippen molar-refractivity contribution < 1.29 is 31.7 Å². The largest absolute Gasteiger partial charge is 0.444 e. The highest BCUT2D eigenvalue weighted by atomic mass is 32.2. The van der Waals surface area contributed by atoms with E-state index < -0.39 is 39.4 Å². The summed E-state index contributed by atoms with van der Waals surface area (Å²) in [4.78, 5) is 24.0. The summed E-state index contributed by atoms with van der Waals surface area (Å²) >= 11 is 0. The van der Waals surface area contributed by atoms with Gasteiger partial charge < -0.3 is 9.47 Å². The van der Waals surface area contributed by atoms with Crippen LogP contribution in [0.4, 0.5) is 21.0 Å². The van der Waals surface area contributed by atoms with Crippen LogP contribution in [0, 0.1) is 0 Å². The van der Waals surface area contributed by atoms with E-state index in [9.17, 15) is 18.0 Å². The molecule has 2 N–H and O–H groups in total. The molecule has 9 nitrogen and oxygen atoms in total. The predicted octanol–water partition coefficient (Wildman–Crippen LogP) is 5.49. The number of ether oxygens (including phenoxy) is 2. The summed E-state index contributed by atoms with van der Waals surface area (Å²) in [5.41, 5.74) is 1.36. The fraction of sp³-hybridized carbons (Fsp3) is 0.440. The van der Waals surface area contributed by atoms with Crippen molar-refractivity contribution in [3.63, 3.8) is 0 Å². The van der Waals surface area contributed by atoms with E-state index in [2.05, 4.69) is 10.6 Å². The molecule has 0 atom stereocenters. The number of rotatable bonds is 7. The summed E-state index contributed by atoms with van der Waals surface area (Å²) in [6.07, 6.45) is -0.156. The van der Waals surface area contributed by atoms with Gasteiger partial charge in [0, 0.05) is 17.3 Å². The number of benzene rings is 2. The minimum Gasteiger partial charge on any atom is -0.444 e. The summed E-state index contributed by atoms with van der Waals surface area (Å²) in [6, 6.07) is 13.9. The average Bonchev–Trinajstić information content (AvgIpc) is 2.66. The molecule has 0 saturated carbocycles. The van der Waals surface area contributed by atoms with Crippen molar-refractivity contribution >= 4 is 33.7 Å². The van der Waals surface area contributed by atoms with Crippen LogP contribution in [0.25, 0.3) is 0 Å². The highest BCUT2D eigenvalue weighted by Crippen LogP contribution is 2.28. The Balaban J connectivity index is 2.21. The van der Waals surface area contributed by atoms with Crippen LogP contribution in [0.15, 0.2) is 48.5 Å². The minimum atomic E-state index is -3.67. The molecule has 35 heavy (non-hydrogen) atoms. The first-order valence-electron chi connectivity index (χ1n) is 11.1. The highest BCUT2D eigenvalue weighted by molar-refractivity contribution is 7.85. The van der Waals surface area contributed by atoms with Crippen LogP contribution in [0.3, 0.4) is 0 Å². The Morgan fingerprint density at radius 1 is 0.743 bits per heavy atom. The van der Waals surface area contributed by atoms with Gasteiger partial charge in [-0.2, -0.15) is 8.42 Å². The fourth-order valence-corrected chi connectivity index (χ4v) is 3.40. The van der Waals surface area contributed by atoms with E-state index in [0.29, 0.717) is 11.4 Å². The number of hydrogen-bond donors (Lipinski definition) is 2. The smallest absolute Gasteiger partial charge is 0.412 e. The van der Waals surface area contributed by atoms with Crippen LogP contribution in [0.1, 0.15) is 58.6 Å². The van der Waals surface area contributed by atoms with Crippen molar-refractivity contribution in [1.29, 1.82) is 0 Å². The van der Waals surface area contributed by atoms with Crippen LogP contribution < -0.4 is 10.6 Å². The molecule has 10 heteroatoms. The number of nitrogens with one attached hydrogen (secondary N) is 2. The lowest BCUT2D eigenvalue weighted by Crippen LogP contribution is -2.27. The normalized spacial score (nSPS) is 12.2. The van der Waals surface area contributed by atoms with E-state index in [4.69, 9.17) is 13.7 Å². The van der Waals surface area contributed by atoms with E-state index in [0.717, 1.165) is 17.4 Å². The third-order valence-corrected chi connectivity index (χ3v) is 4.93. The molecule has 2 amide bonds. The third-order valence-electron chi connectivity index (χ3n) is 4.37. The molecule has 0 aliphatic carbocycles. The van der Waals surface area contributed by atoms with E-state index in [-0.39, 0.29) is 6.61 Å². The molecule has 0 aliphatic heterocycles. The Bertz CT molecular complexity index is 1040. The standard InChI is InChI=1S/C25H34N2O7S/c1-24(2,3)33-22(28)26-19-12-8-17(9-13-19)21(16-32-35(7,30)31)18-10-14-20(15-11-18)27-23(29)34-25(4,5)6/h8-15,21H,16H2,1-7H3,(H,26,28)(H,27,29). The molecule has 2 rings (SSSR count). The zero-order valence-electron chi connectivity index (χ0n) is 21.2. The summed E-state index contributed by atoms with van der Waals surface area (Å²) in [5, 5.41) is 5.32. The minimum absolute atomic E-state index is 0.115. The number of carbonyl (C=O) groups excluding carboxylic acids is 2. The van der Waals surface area contributed by atoms with Gasteiger partial charge >= 0.3 is 12.2 Å². The van der Waals surface area contributed by atoms with Crippen molar-refractivity contribution in [2.24, 2.45) is 0 Å². The Morgan fingerprint density at radius 2 is 1.09 bits per heavy atom. The zero-order valence-corrected chi connectivity index (χ0v) is 22.0. The topological polar surface area (TPSA) is 120 Å². The molecule has 0 fully saturated rings. The first-order chi connectivity index (χ1) is 16.0. The van der Waals surface area contributed by atoms with Gasteiger partial charge in [-0.05, 0) is 76.9 Å². The maximum atomic E-state index is 12.0. The molecule has 2 aromatic carbocycles. The second kappa shape index (κ2) is 11.1. The van der Waals surface area contributed by atoms with Gasteiger partial charge in [0.1, 0.15) is 11.2 Å². The molecule has 2 aromatic rings. The highest BCUT2D eigenvalue weighted by Gasteiger charge is 2.20. The van der Waals surface area contributed by atoms with Crippen LogP contribution in [-0.2, 0) is 23.8 Å². The van der Waals surface area contributed by atoms with Gasteiger partial charge in [-0.3, -0.25) is 14.8 Å². The van der Waals surface area contributed by atoms with E-state index in [1.54, 1.807) is 90.1 Å². The Hall–Kier alpha value is -3.11. The van der Waals surface area contributed by atoms with Gasteiger partial charge in [-0.1, -0.05) is 24.3 Å². The van der Waals surface area contributed by atoms with Gasteiger partial charge in [-0.25, -0.2) is 9.59 Å². The van der Waals surface area contributed by atoms with E-state index in [1.165, 1.54) is 0 Å². The van der Waals surface area contributed by atoms with Crippen LogP contribution in [0.2, 0.25) is 0 Å². The molecule has 0 aromatic heterocycles. The SMILES string of the molecule is CC(C)(C)OC(=O)Nc1ccc(C(COS(C)(=O)=O)c2ccc(NC(=O)OC(C)(C)C)cc2)cc1. The predicted molar refractivity (Wildman–Crippen MR) is 135 cm³/mol. The van der Waals surface area contributed by atoms with Crippen molar-refractivity contribution in [3.8, 4) is 0 Å². The summed E-state index contributed by atoms with van der Waals surface area (Å²) in [5.74, 6) is -0.420. The zero-order chi connectivity index (χ0) is 26.4. The molecule has 0 radical (unpaired) electrons. The molecule has 0 unspecified atom stereocenters. The molecule has 0 spiro atoms. The van der Waals surface area contributed by atoms with Crippen LogP contribution in [0.5, 0.6) is 0 Å². The van der Waals surface area contributed by atoms with Crippen molar-refractivity contribution in [2.45, 2.75) is 58.7 Å². The molecular weight excluding hydrogens is 472 g/mol. The lowest BCUT2D eigenvalue weighted by molar-refractivity contribution is 0.0624. The molecule has 0 saturated heterocycles. The monoisotopic (exact) mass is 506 g/mol. The first kappa shape index (κ1) is 28.1. The first-order valence-corrected chi connectivity index (χ1v) is 12.9. The van der Waals surface area contributed by atoms with Gasteiger partial charge in [0.15, 0.2) is 0 Å². The summed E-state index contributed by atoms with van der Waals surface area (Å²) in [7, 11) is -3.67. The van der Waals surface area contributed by atoms with Gasteiger partial charge in [0.2, 0.25) is 0 Å². The van der Waals surface area contributed by atoms with Crippen molar-refractivity contribution in [2.75, 3.05) is 23.5 Å². The van der Waals surface area contributed by atoms with Crippen LogP contribution in [-0.4, -0.2) is 44.7 Å². The second-order valence-corrected chi connectivity index (χ2v) is 11.7. The van der Waals surface area contributed by atoms with E-state index in [1.807, 2.05) is 0 Å². The third kappa shape index (κ3) is 10.8. The Labute approximate surface area is 207 Å². The van der Waals surface area contributed by atoms with Crippen molar-refractivity contribution in [1.82, 2.24) is 0 Å². The summed E-state index contributed by atoms with van der Waals surface area (Å²) in [6.45, 7) is 10.5. The van der Waals surface area contributed by atoms with E-state index >= 15 is 0 Å². The molecule has 0 bridgehead atoms. The maximum Gasteiger partial charge on any atom is 0.412 e. The van der Waals surface area contributed by atoms with Crippen molar-refractivity contribution in [3.05, 3.63) is 59.7 Å². The Morgan fingerprint density at radius 3 is 1.37 bits per heavy atom. The number of anilines is 2. The van der Waals surface area contributed by atoms with Gasteiger partial charge in [-0.15, -0.1) is 0 Å². The number of carbonyl (C=O) groups is 2. The molecule has 0 aliphatic rings. The van der Waals surface area contributed by atoms with Gasteiger partial charge in [0.05, 0.1) is 12.9 Å². The molecule has 0 heterocycles. The molecule has 192 valence electrons. The van der Waals surface area contributed by atoms with Gasteiger partial charge in [0.25, 0.3) is 10.1 Å². The summed E-state index contributed by atoms with van der Waals surface area (Å²) < 4.78 is 38.9. The van der Waals surface area contributed by atoms with Crippen LogP contribution >= 0.6 is 0 Å². The second-order valence-electron chi connectivity index (χ2n) is 10.0. The molecular formula is C25H34N2O7S. The number of amides is 2. The lowest BCUT2D eigenvalue weighted by atomic mass is 9.92.